The van der Waals surface area contributed by atoms with Crippen LogP contribution in [0.1, 0.15) is 24.5 Å². The lowest BCUT2D eigenvalue weighted by Crippen LogP contribution is -2.44. The minimum absolute atomic E-state index is 0.0591. The highest BCUT2D eigenvalue weighted by molar-refractivity contribution is 6.30. The van der Waals surface area contributed by atoms with Gasteiger partial charge < -0.3 is 14.8 Å². The first-order valence-electron chi connectivity index (χ1n) is 7.85. The van der Waals surface area contributed by atoms with Crippen molar-refractivity contribution in [1.82, 2.24) is 19.7 Å². The van der Waals surface area contributed by atoms with Crippen molar-refractivity contribution in [3.8, 4) is 0 Å². The average molecular weight is 332 g/mol. The first-order chi connectivity index (χ1) is 11.1. The summed E-state index contributed by atoms with van der Waals surface area (Å²) in [7, 11) is 0. The number of aryl methyl sites for hydroxylation is 1. The molecule has 7 heteroatoms. The molecule has 23 heavy (non-hydrogen) atoms. The number of amides is 2. The molecule has 0 unspecified atom stereocenters. The molecule has 0 spiro atoms. The minimum atomic E-state index is -0.0591. The molecule has 0 radical (unpaired) electrons. The van der Waals surface area contributed by atoms with Crippen molar-refractivity contribution < 1.29 is 4.79 Å². The molecule has 120 valence electrons. The van der Waals surface area contributed by atoms with E-state index in [1.165, 1.54) is 0 Å². The number of urea groups is 1. The quantitative estimate of drug-likeness (QED) is 0.874. The van der Waals surface area contributed by atoms with Gasteiger partial charge >= 0.3 is 6.03 Å². The molecule has 2 aliphatic rings. The molecule has 6 nitrogen and oxygen atoms in total. The van der Waals surface area contributed by atoms with Crippen LogP contribution in [0.5, 0.6) is 0 Å². The largest absolute Gasteiger partial charge is 0.322 e. The Morgan fingerprint density at radius 3 is 2.96 bits per heavy atom. The van der Waals surface area contributed by atoms with Gasteiger partial charge in [0.1, 0.15) is 11.6 Å². The molecule has 1 fully saturated rings. The summed E-state index contributed by atoms with van der Waals surface area (Å²) in [5.41, 5.74) is 0.724. The first-order valence-corrected chi connectivity index (χ1v) is 8.23. The zero-order valence-corrected chi connectivity index (χ0v) is 13.6. The number of nitrogens with one attached hydrogen (secondary N) is 1. The third-order valence-electron chi connectivity index (χ3n) is 4.75. The highest BCUT2D eigenvalue weighted by atomic mass is 35.5. The molecule has 0 saturated carbocycles. The number of carbonyl (C=O) groups excluding carboxylic acids is 1. The molecule has 3 heterocycles. The fraction of sp³-hybridized carbons (Fsp3) is 0.438. The Balaban J connectivity index is 1.57. The Bertz CT molecular complexity index is 759. The van der Waals surface area contributed by atoms with Gasteiger partial charge in [-0.25, -0.2) is 4.79 Å². The Morgan fingerprint density at radius 1 is 1.30 bits per heavy atom. The minimum Gasteiger partial charge on any atom is -0.316 e. The SMILES string of the molecule is Cc1nnc2n1C[C@H]1CC[C@@H](C2)N1C(=O)Nc1cccc(Cl)c1. The third-order valence-corrected chi connectivity index (χ3v) is 4.99. The number of anilines is 1. The zero-order valence-electron chi connectivity index (χ0n) is 12.9. The molecule has 1 saturated heterocycles. The second-order valence-corrected chi connectivity index (χ2v) is 6.65. The Hall–Kier alpha value is -2.08. The van der Waals surface area contributed by atoms with Crippen molar-refractivity contribution in [3.63, 3.8) is 0 Å². The molecular weight excluding hydrogens is 314 g/mol. The van der Waals surface area contributed by atoms with Gasteiger partial charge in [-0.15, -0.1) is 10.2 Å². The zero-order chi connectivity index (χ0) is 16.0. The Labute approximate surface area is 139 Å². The lowest BCUT2D eigenvalue weighted by Gasteiger charge is -2.28. The van der Waals surface area contributed by atoms with E-state index in [-0.39, 0.29) is 18.1 Å². The predicted molar refractivity (Wildman–Crippen MR) is 87.6 cm³/mol. The van der Waals surface area contributed by atoms with E-state index in [9.17, 15) is 4.79 Å². The van der Waals surface area contributed by atoms with Crippen LogP contribution >= 0.6 is 11.6 Å². The maximum Gasteiger partial charge on any atom is 0.322 e. The van der Waals surface area contributed by atoms with Crippen LogP contribution in [0.4, 0.5) is 10.5 Å². The first kappa shape index (κ1) is 14.5. The van der Waals surface area contributed by atoms with Crippen LogP contribution in [0.3, 0.4) is 0 Å². The maximum absolute atomic E-state index is 12.8. The van der Waals surface area contributed by atoms with Crippen molar-refractivity contribution in [2.24, 2.45) is 0 Å². The number of aromatic nitrogens is 3. The summed E-state index contributed by atoms with van der Waals surface area (Å²) in [6.07, 6.45) is 2.80. The van der Waals surface area contributed by atoms with E-state index in [0.717, 1.165) is 43.1 Å². The summed E-state index contributed by atoms with van der Waals surface area (Å²) in [5.74, 6) is 1.90. The van der Waals surface area contributed by atoms with Crippen molar-refractivity contribution in [1.29, 1.82) is 0 Å². The van der Waals surface area contributed by atoms with E-state index in [4.69, 9.17) is 11.6 Å². The second kappa shape index (κ2) is 5.53. The summed E-state index contributed by atoms with van der Waals surface area (Å²) < 4.78 is 2.14. The van der Waals surface area contributed by atoms with Crippen LogP contribution in [0.2, 0.25) is 5.02 Å². The van der Waals surface area contributed by atoms with E-state index in [0.29, 0.717) is 5.02 Å². The normalized spacial score (nSPS) is 22.6. The van der Waals surface area contributed by atoms with Gasteiger partial charge in [-0.2, -0.15) is 0 Å². The van der Waals surface area contributed by atoms with E-state index >= 15 is 0 Å². The number of halogens is 1. The van der Waals surface area contributed by atoms with Crippen molar-refractivity contribution in [2.45, 2.75) is 44.8 Å². The molecular formula is C16H18ClN5O. The van der Waals surface area contributed by atoms with E-state index in [1.54, 1.807) is 12.1 Å². The predicted octanol–water partition coefficient (Wildman–Crippen LogP) is 2.86. The Morgan fingerprint density at radius 2 is 2.13 bits per heavy atom. The van der Waals surface area contributed by atoms with Gasteiger partial charge in [-0.1, -0.05) is 17.7 Å². The summed E-state index contributed by atoms with van der Waals surface area (Å²) in [5, 5.41) is 12.0. The summed E-state index contributed by atoms with van der Waals surface area (Å²) in [4.78, 5) is 14.8. The highest BCUT2D eigenvalue weighted by Gasteiger charge is 2.40. The van der Waals surface area contributed by atoms with E-state index in [2.05, 4.69) is 20.1 Å². The van der Waals surface area contributed by atoms with Gasteiger partial charge in [-0.3, -0.25) is 0 Å². The molecule has 2 amide bonds. The average Bonchev–Trinajstić information content (AvgIpc) is 2.99. The van der Waals surface area contributed by atoms with Gasteiger partial charge in [-0.05, 0) is 38.0 Å². The molecule has 2 atom stereocenters. The van der Waals surface area contributed by atoms with Crippen molar-refractivity contribution in [2.75, 3.05) is 5.32 Å². The van der Waals surface area contributed by atoms with Gasteiger partial charge in [0, 0.05) is 29.7 Å². The van der Waals surface area contributed by atoms with Gasteiger partial charge in [0.15, 0.2) is 0 Å². The van der Waals surface area contributed by atoms with Crippen LogP contribution in [-0.4, -0.2) is 37.8 Å². The van der Waals surface area contributed by atoms with Gasteiger partial charge in [0.05, 0.1) is 6.04 Å². The third kappa shape index (κ3) is 2.57. The number of hydrogen-bond acceptors (Lipinski definition) is 3. The number of carbonyl (C=O) groups is 1. The highest BCUT2D eigenvalue weighted by Crippen LogP contribution is 2.32. The van der Waals surface area contributed by atoms with E-state index in [1.807, 2.05) is 24.0 Å². The smallest absolute Gasteiger partial charge is 0.316 e. The van der Waals surface area contributed by atoms with Crippen LogP contribution in [0.15, 0.2) is 24.3 Å². The molecule has 4 rings (SSSR count). The summed E-state index contributed by atoms with van der Waals surface area (Å²) in [6.45, 7) is 2.74. The number of benzene rings is 1. The maximum atomic E-state index is 12.8. The van der Waals surface area contributed by atoms with Crippen molar-refractivity contribution in [3.05, 3.63) is 40.9 Å². The lowest BCUT2D eigenvalue weighted by atomic mass is 10.1. The van der Waals surface area contributed by atoms with Crippen LogP contribution in [0, 0.1) is 6.92 Å². The molecule has 2 aliphatic heterocycles. The summed E-state index contributed by atoms with van der Waals surface area (Å²) >= 11 is 5.99. The fourth-order valence-corrected chi connectivity index (χ4v) is 3.85. The molecule has 0 aliphatic carbocycles. The number of nitrogens with zero attached hydrogens (tertiary/aromatic N) is 4. The number of hydrogen-bond donors (Lipinski definition) is 1. The molecule has 1 aromatic carbocycles. The standard InChI is InChI=1S/C16H18ClN5O/c1-10-19-20-15-8-13-5-6-14(9-21(10)15)22(13)16(23)18-12-4-2-3-11(17)7-12/h2-4,7,13-14H,5-6,8-9H2,1H3,(H,18,23)/t13-,14+/m0/s1. The van der Waals surface area contributed by atoms with Gasteiger partial charge in [0.25, 0.3) is 0 Å². The van der Waals surface area contributed by atoms with Gasteiger partial charge in [0.2, 0.25) is 0 Å². The lowest BCUT2D eigenvalue weighted by molar-refractivity contribution is 0.184. The van der Waals surface area contributed by atoms with E-state index < -0.39 is 0 Å². The number of fused-ring (bicyclic) bond motifs is 3. The van der Waals surface area contributed by atoms with Crippen molar-refractivity contribution >= 4 is 23.3 Å². The van der Waals surface area contributed by atoms with Crippen LogP contribution in [0.25, 0.3) is 0 Å². The fourth-order valence-electron chi connectivity index (χ4n) is 3.66. The molecule has 1 aromatic heterocycles. The Kier molecular flexibility index (Phi) is 3.49. The number of rotatable bonds is 1. The molecule has 1 N–H and O–H groups in total. The molecule has 2 bridgehead atoms. The second-order valence-electron chi connectivity index (χ2n) is 6.21. The monoisotopic (exact) mass is 331 g/mol. The molecule has 2 aromatic rings. The van der Waals surface area contributed by atoms with Crippen LogP contribution < -0.4 is 5.32 Å². The summed E-state index contributed by atoms with van der Waals surface area (Å²) in [6, 6.07) is 7.55. The van der Waals surface area contributed by atoms with Crippen LogP contribution in [-0.2, 0) is 13.0 Å². The topological polar surface area (TPSA) is 63.1 Å².